The molecule has 2 unspecified atom stereocenters. The summed E-state index contributed by atoms with van der Waals surface area (Å²) in [4.78, 5) is 26.6. The molecule has 0 aromatic rings. The first kappa shape index (κ1) is 15.1. The van der Waals surface area contributed by atoms with Crippen LogP contribution in [0.15, 0.2) is 0 Å². The lowest BCUT2D eigenvalue weighted by molar-refractivity contribution is -0.137. The Balaban J connectivity index is 1.79. The van der Waals surface area contributed by atoms with Crippen LogP contribution in [-0.2, 0) is 9.53 Å². The van der Waals surface area contributed by atoms with Gasteiger partial charge in [-0.15, -0.1) is 0 Å². The van der Waals surface area contributed by atoms with Gasteiger partial charge in [-0.25, -0.2) is 4.79 Å². The van der Waals surface area contributed by atoms with Gasteiger partial charge in [-0.3, -0.25) is 4.79 Å². The van der Waals surface area contributed by atoms with E-state index in [4.69, 9.17) is 9.84 Å². The Morgan fingerprint density at radius 3 is 2.15 bits per heavy atom. The first-order chi connectivity index (χ1) is 9.24. The Kier molecular flexibility index (Phi) is 4.22. The standard InChI is InChI=1S/C14H24N2O4/c1-14(2,3)20-13(19)16-8-10-6-15(5-4-12(17)18)7-11(10)9-16/h10-11H,4-9H2,1-3H3,(H,17,18). The molecule has 6 heteroatoms. The number of amides is 1. The number of hydrogen-bond donors (Lipinski definition) is 1. The van der Waals surface area contributed by atoms with Gasteiger partial charge in [-0.05, 0) is 32.6 Å². The van der Waals surface area contributed by atoms with E-state index in [1.807, 2.05) is 20.8 Å². The largest absolute Gasteiger partial charge is 0.481 e. The Labute approximate surface area is 119 Å². The van der Waals surface area contributed by atoms with Crippen molar-refractivity contribution in [3.63, 3.8) is 0 Å². The lowest BCUT2D eigenvalue weighted by atomic mass is 10.0. The molecule has 114 valence electrons. The zero-order valence-electron chi connectivity index (χ0n) is 12.5. The molecule has 0 aromatic heterocycles. The monoisotopic (exact) mass is 284 g/mol. The highest BCUT2D eigenvalue weighted by Crippen LogP contribution is 2.31. The number of fused-ring (bicyclic) bond motifs is 1. The summed E-state index contributed by atoms with van der Waals surface area (Å²) in [5, 5.41) is 8.70. The van der Waals surface area contributed by atoms with Crippen LogP contribution in [0.2, 0.25) is 0 Å². The van der Waals surface area contributed by atoms with E-state index in [1.54, 1.807) is 4.90 Å². The predicted octanol–water partition coefficient (Wildman–Crippen LogP) is 1.26. The molecule has 2 aliphatic rings. The van der Waals surface area contributed by atoms with Crippen LogP contribution in [0, 0.1) is 11.8 Å². The molecule has 2 aliphatic heterocycles. The van der Waals surface area contributed by atoms with Crippen LogP contribution < -0.4 is 0 Å². The second kappa shape index (κ2) is 5.60. The molecular formula is C14H24N2O4. The summed E-state index contributed by atoms with van der Waals surface area (Å²) < 4.78 is 5.39. The highest BCUT2D eigenvalue weighted by atomic mass is 16.6. The van der Waals surface area contributed by atoms with E-state index in [0.717, 1.165) is 26.2 Å². The minimum Gasteiger partial charge on any atom is -0.481 e. The topological polar surface area (TPSA) is 70.1 Å². The van der Waals surface area contributed by atoms with Crippen molar-refractivity contribution in [1.29, 1.82) is 0 Å². The van der Waals surface area contributed by atoms with Crippen molar-refractivity contribution >= 4 is 12.1 Å². The van der Waals surface area contributed by atoms with Gasteiger partial charge in [-0.2, -0.15) is 0 Å². The Morgan fingerprint density at radius 1 is 1.15 bits per heavy atom. The van der Waals surface area contributed by atoms with Crippen molar-refractivity contribution in [2.45, 2.75) is 32.8 Å². The number of carbonyl (C=O) groups excluding carboxylic acids is 1. The smallest absolute Gasteiger partial charge is 0.410 e. The van der Waals surface area contributed by atoms with Gasteiger partial charge in [0.15, 0.2) is 0 Å². The first-order valence-corrected chi connectivity index (χ1v) is 7.16. The quantitative estimate of drug-likeness (QED) is 0.845. The second-order valence-electron chi connectivity index (χ2n) is 6.81. The molecule has 0 bridgehead atoms. The minimum absolute atomic E-state index is 0.190. The van der Waals surface area contributed by atoms with Crippen LogP contribution in [0.5, 0.6) is 0 Å². The number of likely N-dealkylation sites (tertiary alicyclic amines) is 2. The van der Waals surface area contributed by atoms with E-state index < -0.39 is 11.6 Å². The van der Waals surface area contributed by atoms with E-state index in [-0.39, 0.29) is 12.5 Å². The molecule has 0 radical (unpaired) electrons. The van der Waals surface area contributed by atoms with E-state index >= 15 is 0 Å². The van der Waals surface area contributed by atoms with Crippen LogP contribution in [0.25, 0.3) is 0 Å². The van der Waals surface area contributed by atoms with Crippen LogP contribution in [0.3, 0.4) is 0 Å². The van der Waals surface area contributed by atoms with Gasteiger partial charge in [0, 0.05) is 32.7 Å². The van der Waals surface area contributed by atoms with Crippen LogP contribution in [0.1, 0.15) is 27.2 Å². The van der Waals surface area contributed by atoms with Crippen LogP contribution in [0.4, 0.5) is 4.79 Å². The molecule has 2 saturated heterocycles. The number of nitrogens with zero attached hydrogens (tertiary/aromatic N) is 2. The fraction of sp³-hybridized carbons (Fsp3) is 0.857. The lowest BCUT2D eigenvalue weighted by Crippen LogP contribution is -2.37. The summed E-state index contributed by atoms with van der Waals surface area (Å²) in [6.07, 6.45) is -0.0427. The van der Waals surface area contributed by atoms with Gasteiger partial charge in [0.2, 0.25) is 0 Å². The maximum absolute atomic E-state index is 12.0. The van der Waals surface area contributed by atoms with Crippen molar-refractivity contribution in [3.8, 4) is 0 Å². The maximum Gasteiger partial charge on any atom is 0.410 e. The third-order valence-corrected chi connectivity index (χ3v) is 3.86. The molecule has 2 atom stereocenters. The van der Waals surface area contributed by atoms with Crippen molar-refractivity contribution in [1.82, 2.24) is 9.80 Å². The average Bonchev–Trinajstić information content (AvgIpc) is 2.80. The SMILES string of the molecule is CC(C)(C)OC(=O)N1CC2CN(CCC(=O)O)CC2C1. The van der Waals surface area contributed by atoms with E-state index in [9.17, 15) is 9.59 Å². The lowest BCUT2D eigenvalue weighted by Gasteiger charge is -2.25. The molecule has 0 aromatic carbocycles. The van der Waals surface area contributed by atoms with Crippen molar-refractivity contribution in [2.75, 3.05) is 32.7 Å². The highest BCUT2D eigenvalue weighted by molar-refractivity contribution is 5.68. The predicted molar refractivity (Wildman–Crippen MR) is 73.5 cm³/mol. The molecule has 20 heavy (non-hydrogen) atoms. The van der Waals surface area contributed by atoms with Crippen molar-refractivity contribution < 1.29 is 19.4 Å². The van der Waals surface area contributed by atoms with Gasteiger partial charge >= 0.3 is 12.1 Å². The molecule has 1 N–H and O–H groups in total. The molecule has 0 saturated carbocycles. The zero-order chi connectivity index (χ0) is 14.9. The molecule has 0 spiro atoms. The second-order valence-corrected chi connectivity index (χ2v) is 6.81. The van der Waals surface area contributed by atoms with Gasteiger partial charge < -0.3 is 19.6 Å². The average molecular weight is 284 g/mol. The van der Waals surface area contributed by atoms with Crippen LogP contribution in [-0.4, -0.2) is 65.3 Å². The number of aliphatic carboxylic acids is 1. The molecule has 2 rings (SSSR count). The molecule has 2 fully saturated rings. The van der Waals surface area contributed by atoms with Gasteiger partial charge in [0.25, 0.3) is 0 Å². The van der Waals surface area contributed by atoms with Gasteiger partial charge in [-0.1, -0.05) is 0 Å². The molecule has 1 amide bonds. The number of ether oxygens (including phenoxy) is 1. The fourth-order valence-corrected chi connectivity index (χ4v) is 3.00. The summed E-state index contributed by atoms with van der Waals surface area (Å²) in [5.41, 5.74) is -0.456. The summed E-state index contributed by atoms with van der Waals surface area (Å²) in [5.74, 6) is 0.157. The van der Waals surface area contributed by atoms with Crippen LogP contribution >= 0.6 is 0 Å². The highest BCUT2D eigenvalue weighted by Gasteiger charge is 2.42. The summed E-state index contributed by atoms with van der Waals surface area (Å²) >= 11 is 0. The summed E-state index contributed by atoms with van der Waals surface area (Å²) in [6.45, 7) is 9.44. The first-order valence-electron chi connectivity index (χ1n) is 7.16. The minimum atomic E-state index is -0.752. The maximum atomic E-state index is 12.0. The van der Waals surface area contributed by atoms with Crippen molar-refractivity contribution in [3.05, 3.63) is 0 Å². The number of carboxylic acid groups (broad SMARTS) is 1. The third kappa shape index (κ3) is 3.85. The molecule has 6 nitrogen and oxygen atoms in total. The number of hydrogen-bond acceptors (Lipinski definition) is 4. The van der Waals surface area contributed by atoms with E-state index in [0.29, 0.717) is 18.4 Å². The number of carboxylic acids is 1. The number of carbonyl (C=O) groups is 2. The Bertz CT molecular complexity index is 377. The Morgan fingerprint density at radius 2 is 1.70 bits per heavy atom. The number of rotatable bonds is 3. The summed E-state index contributed by atoms with van der Waals surface area (Å²) in [6, 6.07) is 0. The fourth-order valence-electron chi connectivity index (χ4n) is 3.00. The van der Waals surface area contributed by atoms with Gasteiger partial charge in [0.1, 0.15) is 5.60 Å². The zero-order valence-corrected chi connectivity index (χ0v) is 12.5. The molecule has 2 heterocycles. The molecule has 0 aliphatic carbocycles. The van der Waals surface area contributed by atoms with E-state index in [2.05, 4.69) is 4.90 Å². The summed E-state index contributed by atoms with van der Waals surface area (Å²) in [7, 11) is 0. The molecular weight excluding hydrogens is 260 g/mol. The van der Waals surface area contributed by atoms with Crippen molar-refractivity contribution in [2.24, 2.45) is 11.8 Å². The Hall–Kier alpha value is -1.30. The normalized spacial score (nSPS) is 26.6. The van der Waals surface area contributed by atoms with E-state index in [1.165, 1.54) is 0 Å². The van der Waals surface area contributed by atoms with Gasteiger partial charge in [0.05, 0.1) is 6.42 Å². The third-order valence-electron chi connectivity index (χ3n) is 3.86.